The summed E-state index contributed by atoms with van der Waals surface area (Å²) in [6, 6.07) is 10.4. The van der Waals surface area contributed by atoms with E-state index in [2.05, 4.69) is 0 Å². The number of benzene rings is 3. The third-order valence-corrected chi connectivity index (χ3v) is 3.93. The van der Waals surface area contributed by atoms with Crippen LogP contribution in [0.25, 0.3) is 21.5 Å². The zero-order chi connectivity index (χ0) is 15.7. The fourth-order valence-corrected chi connectivity index (χ4v) is 2.90. The van der Waals surface area contributed by atoms with Crippen LogP contribution in [0.4, 0.5) is 8.78 Å². The van der Waals surface area contributed by atoms with Gasteiger partial charge in [-0.15, -0.1) is 0 Å². The molecule has 3 aromatic carbocycles. The summed E-state index contributed by atoms with van der Waals surface area (Å²) in [6.45, 7) is 4.24. The zero-order valence-electron chi connectivity index (χ0n) is 12.7. The van der Waals surface area contributed by atoms with E-state index in [0.29, 0.717) is 34.7 Å². The fourth-order valence-electron chi connectivity index (χ4n) is 2.90. The number of ether oxygens (including phenoxy) is 1. The normalized spacial score (nSPS) is 11.3. The maximum atomic E-state index is 14.6. The van der Waals surface area contributed by atoms with E-state index in [9.17, 15) is 8.78 Å². The van der Waals surface area contributed by atoms with Crippen LogP contribution < -0.4 is 4.74 Å². The second-order valence-corrected chi connectivity index (χ2v) is 5.36. The Morgan fingerprint density at radius 1 is 0.773 bits per heavy atom. The predicted molar refractivity (Wildman–Crippen MR) is 86.5 cm³/mol. The summed E-state index contributed by atoms with van der Waals surface area (Å²) in [5, 5.41) is 2.44. The van der Waals surface area contributed by atoms with Gasteiger partial charge in [-0.25, -0.2) is 8.78 Å². The zero-order valence-corrected chi connectivity index (χ0v) is 12.7. The highest BCUT2D eigenvalue weighted by atomic mass is 19.1. The quantitative estimate of drug-likeness (QED) is 0.568. The van der Waals surface area contributed by atoms with Gasteiger partial charge in [0.1, 0.15) is 5.82 Å². The molecule has 0 atom stereocenters. The van der Waals surface area contributed by atoms with Gasteiger partial charge in [0.05, 0.1) is 6.61 Å². The summed E-state index contributed by atoms with van der Waals surface area (Å²) < 4.78 is 34.3. The second-order valence-electron chi connectivity index (χ2n) is 5.36. The number of rotatable bonds is 4. The van der Waals surface area contributed by atoms with Crippen molar-refractivity contribution in [1.29, 1.82) is 0 Å². The summed E-state index contributed by atoms with van der Waals surface area (Å²) in [5.41, 5.74) is 0.709. The lowest BCUT2D eigenvalue weighted by Gasteiger charge is -2.11. The summed E-state index contributed by atoms with van der Waals surface area (Å²) in [4.78, 5) is 0. The van der Waals surface area contributed by atoms with Crippen LogP contribution in [0.15, 0.2) is 36.4 Å². The molecule has 0 aliphatic carbocycles. The van der Waals surface area contributed by atoms with Gasteiger partial charge >= 0.3 is 0 Å². The molecule has 0 aliphatic rings. The molecule has 0 heterocycles. The van der Waals surface area contributed by atoms with Crippen LogP contribution in [-0.2, 0) is 6.42 Å². The van der Waals surface area contributed by atoms with E-state index < -0.39 is 0 Å². The van der Waals surface area contributed by atoms with E-state index in [0.717, 1.165) is 11.8 Å². The van der Waals surface area contributed by atoms with Gasteiger partial charge in [-0.3, -0.25) is 0 Å². The van der Waals surface area contributed by atoms with E-state index in [1.165, 1.54) is 0 Å². The molecule has 0 bridgehead atoms. The van der Waals surface area contributed by atoms with Crippen molar-refractivity contribution in [3.8, 4) is 5.75 Å². The monoisotopic (exact) mass is 300 g/mol. The third kappa shape index (κ3) is 2.31. The minimum atomic E-state index is -0.390. The molecule has 22 heavy (non-hydrogen) atoms. The van der Waals surface area contributed by atoms with Crippen molar-refractivity contribution in [2.45, 2.75) is 26.7 Å². The molecule has 0 spiro atoms. The third-order valence-electron chi connectivity index (χ3n) is 3.93. The number of hydrogen-bond donors (Lipinski definition) is 0. The first kappa shape index (κ1) is 14.8. The van der Waals surface area contributed by atoms with E-state index in [-0.39, 0.29) is 17.4 Å². The van der Waals surface area contributed by atoms with Crippen molar-refractivity contribution >= 4 is 21.5 Å². The Balaban J connectivity index is 2.28. The van der Waals surface area contributed by atoms with Gasteiger partial charge in [-0.05, 0) is 41.8 Å². The second kappa shape index (κ2) is 5.91. The Morgan fingerprint density at radius 3 is 2.00 bits per heavy atom. The van der Waals surface area contributed by atoms with Crippen LogP contribution >= 0.6 is 0 Å². The summed E-state index contributed by atoms with van der Waals surface area (Å²) in [6.07, 6.45) is 1.60. The minimum absolute atomic E-state index is 0.199. The molecule has 114 valence electrons. The van der Waals surface area contributed by atoms with Gasteiger partial charge in [-0.2, -0.15) is 0 Å². The Bertz CT molecular complexity index is 769. The molecule has 0 fully saturated rings. The van der Waals surface area contributed by atoms with E-state index in [1.54, 1.807) is 30.3 Å². The summed E-state index contributed by atoms with van der Waals surface area (Å²) in [7, 11) is 0. The van der Waals surface area contributed by atoms with Crippen molar-refractivity contribution in [3.05, 3.63) is 53.6 Å². The van der Waals surface area contributed by atoms with Gasteiger partial charge in [0.2, 0.25) is 0 Å². The van der Waals surface area contributed by atoms with E-state index in [4.69, 9.17) is 4.74 Å². The van der Waals surface area contributed by atoms with E-state index >= 15 is 0 Å². The lowest BCUT2D eigenvalue weighted by atomic mass is 9.97. The van der Waals surface area contributed by atoms with Crippen LogP contribution in [-0.4, -0.2) is 6.61 Å². The van der Waals surface area contributed by atoms with Crippen molar-refractivity contribution in [1.82, 2.24) is 0 Å². The van der Waals surface area contributed by atoms with Gasteiger partial charge in [0, 0.05) is 10.8 Å². The first-order chi connectivity index (χ1) is 10.7. The number of halogens is 2. The molecular formula is C19H18F2O. The highest BCUT2D eigenvalue weighted by Crippen LogP contribution is 2.33. The van der Waals surface area contributed by atoms with Crippen LogP contribution in [0.1, 0.15) is 25.8 Å². The number of aryl methyl sites for hydroxylation is 1. The highest BCUT2D eigenvalue weighted by molar-refractivity contribution is 6.08. The van der Waals surface area contributed by atoms with Gasteiger partial charge in [0.15, 0.2) is 11.6 Å². The SMILES string of the molecule is CCCc1ccc2c(ccc3c(F)c(OCC)ccc32)c1F. The van der Waals surface area contributed by atoms with Crippen molar-refractivity contribution < 1.29 is 13.5 Å². The van der Waals surface area contributed by atoms with Crippen LogP contribution in [0.2, 0.25) is 0 Å². The van der Waals surface area contributed by atoms with Gasteiger partial charge < -0.3 is 4.74 Å². The minimum Gasteiger partial charge on any atom is -0.491 e. The molecule has 0 saturated carbocycles. The standard InChI is InChI=1S/C19H18F2O/c1-3-5-12-6-7-13-14-10-11-17(22-4-2)19(21)16(14)9-8-15(13)18(12)20/h6-11H,3-5H2,1-2H3. The maximum absolute atomic E-state index is 14.6. The van der Waals surface area contributed by atoms with Crippen molar-refractivity contribution in [2.75, 3.05) is 6.61 Å². The molecule has 3 heteroatoms. The van der Waals surface area contributed by atoms with Gasteiger partial charge in [-0.1, -0.05) is 37.6 Å². The first-order valence-electron chi connectivity index (χ1n) is 7.62. The maximum Gasteiger partial charge on any atom is 0.172 e. The van der Waals surface area contributed by atoms with Crippen LogP contribution in [0.3, 0.4) is 0 Å². The molecule has 3 aromatic rings. The largest absolute Gasteiger partial charge is 0.491 e. The predicted octanol–water partition coefficient (Wildman–Crippen LogP) is 5.62. The van der Waals surface area contributed by atoms with Crippen LogP contribution in [0.5, 0.6) is 5.75 Å². The van der Waals surface area contributed by atoms with Crippen molar-refractivity contribution in [3.63, 3.8) is 0 Å². The number of fused-ring (bicyclic) bond motifs is 3. The van der Waals surface area contributed by atoms with Crippen molar-refractivity contribution in [2.24, 2.45) is 0 Å². The first-order valence-corrected chi connectivity index (χ1v) is 7.62. The molecule has 0 N–H and O–H groups in total. The molecule has 0 radical (unpaired) electrons. The molecule has 0 unspecified atom stereocenters. The Kier molecular flexibility index (Phi) is 3.97. The lowest BCUT2D eigenvalue weighted by Crippen LogP contribution is -1.96. The molecule has 1 nitrogen and oxygen atoms in total. The summed E-state index contributed by atoms with van der Waals surface area (Å²) >= 11 is 0. The average molecular weight is 300 g/mol. The molecule has 3 rings (SSSR count). The van der Waals surface area contributed by atoms with E-state index in [1.807, 2.05) is 19.9 Å². The Labute approximate surface area is 128 Å². The smallest absolute Gasteiger partial charge is 0.172 e. The average Bonchev–Trinajstić information content (AvgIpc) is 2.53. The molecular weight excluding hydrogens is 282 g/mol. The topological polar surface area (TPSA) is 9.23 Å². The highest BCUT2D eigenvalue weighted by Gasteiger charge is 2.13. The van der Waals surface area contributed by atoms with Gasteiger partial charge in [0.25, 0.3) is 0 Å². The Hall–Kier alpha value is -2.16. The fraction of sp³-hybridized carbons (Fsp3) is 0.263. The molecule has 0 amide bonds. The lowest BCUT2D eigenvalue weighted by molar-refractivity contribution is 0.323. The number of hydrogen-bond acceptors (Lipinski definition) is 1. The Morgan fingerprint density at radius 2 is 1.36 bits per heavy atom. The summed E-state index contributed by atoms with van der Waals surface area (Å²) in [5.74, 6) is -0.354. The molecule has 0 aliphatic heterocycles. The van der Waals surface area contributed by atoms with Crippen LogP contribution in [0, 0.1) is 11.6 Å². The molecule has 0 saturated heterocycles. The molecule has 0 aromatic heterocycles.